The molecule has 18 heavy (non-hydrogen) atoms. The van der Waals surface area contributed by atoms with Crippen molar-refractivity contribution in [3.63, 3.8) is 0 Å². The molecule has 0 fully saturated rings. The van der Waals surface area contributed by atoms with E-state index < -0.39 is 18.1 Å². The zero-order valence-corrected chi connectivity index (χ0v) is 10.1. The SMILES string of the molecule is CC(NCC(O)c1ccc2c(c1)OCO2)C(N)=O. The number of nitrogens with two attached hydrogens (primary N) is 1. The van der Waals surface area contributed by atoms with Crippen molar-refractivity contribution in [2.24, 2.45) is 5.73 Å². The Bertz CT molecular complexity index is 450. The first-order valence-corrected chi connectivity index (χ1v) is 5.68. The fraction of sp³-hybridized carbons (Fsp3) is 0.417. The van der Waals surface area contributed by atoms with Gasteiger partial charge in [0.25, 0.3) is 0 Å². The Morgan fingerprint density at radius 1 is 1.50 bits per heavy atom. The number of aliphatic hydroxyl groups excluding tert-OH is 1. The number of primary amides is 1. The largest absolute Gasteiger partial charge is 0.454 e. The molecule has 1 heterocycles. The predicted molar refractivity (Wildman–Crippen MR) is 64.2 cm³/mol. The number of benzene rings is 1. The Kier molecular flexibility index (Phi) is 3.69. The van der Waals surface area contributed by atoms with Crippen molar-refractivity contribution in [1.82, 2.24) is 5.32 Å². The van der Waals surface area contributed by atoms with Crippen molar-refractivity contribution >= 4 is 5.91 Å². The van der Waals surface area contributed by atoms with Gasteiger partial charge >= 0.3 is 0 Å². The summed E-state index contributed by atoms with van der Waals surface area (Å²) in [5, 5.41) is 12.8. The van der Waals surface area contributed by atoms with E-state index in [0.29, 0.717) is 17.1 Å². The molecule has 0 radical (unpaired) electrons. The second-order valence-corrected chi connectivity index (χ2v) is 4.16. The maximum absolute atomic E-state index is 10.8. The van der Waals surface area contributed by atoms with Crippen molar-refractivity contribution < 1.29 is 19.4 Å². The minimum absolute atomic E-state index is 0.200. The van der Waals surface area contributed by atoms with Gasteiger partial charge < -0.3 is 25.6 Å². The highest BCUT2D eigenvalue weighted by Gasteiger charge is 2.17. The van der Waals surface area contributed by atoms with E-state index in [1.807, 2.05) is 0 Å². The van der Waals surface area contributed by atoms with Gasteiger partial charge in [0.05, 0.1) is 12.1 Å². The van der Waals surface area contributed by atoms with Crippen LogP contribution in [0, 0.1) is 0 Å². The lowest BCUT2D eigenvalue weighted by Gasteiger charge is -2.15. The van der Waals surface area contributed by atoms with Crippen LogP contribution in [-0.4, -0.2) is 30.4 Å². The summed E-state index contributed by atoms with van der Waals surface area (Å²) in [5.41, 5.74) is 5.81. The van der Waals surface area contributed by atoms with Crippen molar-refractivity contribution in [2.45, 2.75) is 19.1 Å². The van der Waals surface area contributed by atoms with Crippen molar-refractivity contribution in [2.75, 3.05) is 13.3 Å². The first kappa shape index (κ1) is 12.7. The molecule has 0 saturated carbocycles. The summed E-state index contributed by atoms with van der Waals surface area (Å²) < 4.78 is 10.4. The first-order valence-electron chi connectivity index (χ1n) is 5.68. The summed E-state index contributed by atoms with van der Waals surface area (Å²) in [5.74, 6) is 0.840. The van der Waals surface area contributed by atoms with Crippen LogP contribution in [0.1, 0.15) is 18.6 Å². The lowest BCUT2D eigenvalue weighted by atomic mass is 10.1. The van der Waals surface area contributed by atoms with Crippen LogP contribution in [0.5, 0.6) is 11.5 Å². The number of carbonyl (C=O) groups excluding carboxylic acids is 1. The Morgan fingerprint density at radius 2 is 2.22 bits per heavy atom. The Morgan fingerprint density at radius 3 is 2.94 bits per heavy atom. The highest BCUT2D eigenvalue weighted by Crippen LogP contribution is 2.34. The molecule has 2 unspecified atom stereocenters. The van der Waals surface area contributed by atoms with Crippen LogP contribution in [0.15, 0.2) is 18.2 Å². The van der Waals surface area contributed by atoms with Crippen LogP contribution in [-0.2, 0) is 4.79 Å². The maximum Gasteiger partial charge on any atom is 0.234 e. The Labute approximate surface area is 105 Å². The van der Waals surface area contributed by atoms with E-state index in [1.54, 1.807) is 25.1 Å². The molecule has 98 valence electrons. The molecule has 0 aliphatic carbocycles. The number of amides is 1. The molecule has 1 aliphatic heterocycles. The normalized spacial score (nSPS) is 16.3. The van der Waals surface area contributed by atoms with Gasteiger partial charge in [-0.2, -0.15) is 0 Å². The number of aliphatic hydroxyl groups is 1. The summed E-state index contributed by atoms with van der Waals surface area (Å²) in [4.78, 5) is 10.8. The van der Waals surface area contributed by atoms with E-state index in [1.165, 1.54) is 0 Å². The van der Waals surface area contributed by atoms with E-state index in [-0.39, 0.29) is 13.3 Å². The Balaban J connectivity index is 1.97. The average Bonchev–Trinajstić information content (AvgIpc) is 2.82. The predicted octanol–water partition coefficient (Wildman–Crippen LogP) is -0.0879. The van der Waals surface area contributed by atoms with Gasteiger partial charge in [-0.1, -0.05) is 6.07 Å². The zero-order chi connectivity index (χ0) is 13.1. The van der Waals surface area contributed by atoms with Crippen LogP contribution in [0.4, 0.5) is 0 Å². The molecule has 6 heteroatoms. The molecule has 1 amide bonds. The third kappa shape index (κ3) is 2.72. The van der Waals surface area contributed by atoms with Crippen LogP contribution in [0.2, 0.25) is 0 Å². The van der Waals surface area contributed by atoms with Crippen molar-refractivity contribution in [3.8, 4) is 11.5 Å². The minimum atomic E-state index is -0.735. The lowest BCUT2D eigenvalue weighted by Crippen LogP contribution is -2.40. The number of hydrogen-bond donors (Lipinski definition) is 3. The van der Waals surface area contributed by atoms with Gasteiger partial charge in [0.15, 0.2) is 11.5 Å². The van der Waals surface area contributed by atoms with Crippen LogP contribution < -0.4 is 20.5 Å². The number of carbonyl (C=O) groups is 1. The smallest absolute Gasteiger partial charge is 0.234 e. The summed E-state index contributed by atoms with van der Waals surface area (Å²) in [6.07, 6.45) is -0.735. The summed E-state index contributed by atoms with van der Waals surface area (Å²) in [7, 11) is 0. The molecule has 2 rings (SSSR count). The lowest BCUT2D eigenvalue weighted by molar-refractivity contribution is -0.119. The highest BCUT2D eigenvalue weighted by molar-refractivity contribution is 5.79. The third-order valence-electron chi connectivity index (χ3n) is 2.83. The van der Waals surface area contributed by atoms with Gasteiger partial charge in [-0.15, -0.1) is 0 Å². The molecule has 1 aliphatic rings. The summed E-state index contributed by atoms with van der Waals surface area (Å²) >= 11 is 0. The van der Waals surface area contributed by atoms with Crippen molar-refractivity contribution in [3.05, 3.63) is 23.8 Å². The zero-order valence-electron chi connectivity index (χ0n) is 10.1. The highest BCUT2D eigenvalue weighted by atomic mass is 16.7. The van der Waals surface area contributed by atoms with Crippen molar-refractivity contribution in [1.29, 1.82) is 0 Å². The van der Waals surface area contributed by atoms with Crippen LogP contribution in [0.3, 0.4) is 0 Å². The average molecular weight is 252 g/mol. The maximum atomic E-state index is 10.8. The van der Waals surface area contributed by atoms with Gasteiger partial charge in [0.1, 0.15) is 0 Å². The molecule has 1 aromatic carbocycles. The molecule has 0 aromatic heterocycles. The van der Waals surface area contributed by atoms with E-state index in [9.17, 15) is 9.90 Å². The van der Waals surface area contributed by atoms with E-state index in [0.717, 1.165) is 0 Å². The quantitative estimate of drug-likeness (QED) is 0.681. The summed E-state index contributed by atoms with van der Waals surface area (Å²) in [6.45, 7) is 2.09. The summed E-state index contributed by atoms with van der Waals surface area (Å²) in [6, 6.07) is 4.75. The van der Waals surface area contributed by atoms with Crippen LogP contribution >= 0.6 is 0 Å². The second kappa shape index (κ2) is 5.24. The van der Waals surface area contributed by atoms with Gasteiger partial charge in [0.2, 0.25) is 12.7 Å². The standard InChI is InChI=1S/C12H16N2O4/c1-7(12(13)16)14-5-9(15)8-2-3-10-11(4-8)18-6-17-10/h2-4,7,9,14-15H,5-6H2,1H3,(H2,13,16). The van der Waals surface area contributed by atoms with Gasteiger partial charge in [-0.05, 0) is 24.6 Å². The van der Waals surface area contributed by atoms with E-state index in [4.69, 9.17) is 15.2 Å². The number of rotatable bonds is 5. The molecule has 4 N–H and O–H groups in total. The van der Waals surface area contributed by atoms with Crippen LogP contribution in [0.25, 0.3) is 0 Å². The molecule has 2 atom stereocenters. The minimum Gasteiger partial charge on any atom is -0.454 e. The molecule has 1 aromatic rings. The number of fused-ring (bicyclic) bond motifs is 1. The third-order valence-corrected chi connectivity index (χ3v) is 2.83. The monoisotopic (exact) mass is 252 g/mol. The van der Waals surface area contributed by atoms with E-state index in [2.05, 4.69) is 5.32 Å². The fourth-order valence-electron chi connectivity index (χ4n) is 1.63. The topological polar surface area (TPSA) is 93.8 Å². The van der Waals surface area contributed by atoms with Gasteiger partial charge in [0, 0.05) is 6.54 Å². The van der Waals surface area contributed by atoms with E-state index >= 15 is 0 Å². The number of ether oxygens (including phenoxy) is 2. The number of hydrogen-bond acceptors (Lipinski definition) is 5. The molecular weight excluding hydrogens is 236 g/mol. The number of nitrogens with one attached hydrogen (secondary N) is 1. The molecule has 0 spiro atoms. The molecule has 6 nitrogen and oxygen atoms in total. The fourth-order valence-corrected chi connectivity index (χ4v) is 1.63. The second-order valence-electron chi connectivity index (χ2n) is 4.16. The first-order chi connectivity index (χ1) is 8.58. The molecular formula is C12H16N2O4. The molecule has 0 bridgehead atoms. The van der Waals surface area contributed by atoms with Gasteiger partial charge in [-0.3, -0.25) is 4.79 Å². The Hall–Kier alpha value is -1.79. The van der Waals surface area contributed by atoms with Gasteiger partial charge in [-0.25, -0.2) is 0 Å². The molecule has 0 saturated heterocycles.